The Bertz CT molecular complexity index is 1380. The highest BCUT2D eigenvalue weighted by molar-refractivity contribution is 7.89. The number of benzene rings is 2. The normalized spacial score (nSPS) is 15.3. The van der Waals surface area contributed by atoms with Crippen molar-refractivity contribution in [3.63, 3.8) is 0 Å². The lowest BCUT2D eigenvalue weighted by Crippen LogP contribution is -2.41. The third-order valence-corrected chi connectivity index (χ3v) is 8.05. The molecular formula is C25H25F2N3O5S. The summed E-state index contributed by atoms with van der Waals surface area (Å²) in [6, 6.07) is 10.1. The van der Waals surface area contributed by atoms with Crippen molar-refractivity contribution in [3.05, 3.63) is 71.1 Å². The van der Waals surface area contributed by atoms with Crippen LogP contribution in [-0.4, -0.2) is 44.0 Å². The Kier molecular flexibility index (Phi) is 7.51. The van der Waals surface area contributed by atoms with E-state index in [0.717, 1.165) is 17.7 Å². The number of aromatic nitrogens is 1. The van der Waals surface area contributed by atoms with E-state index in [1.807, 2.05) is 12.1 Å². The van der Waals surface area contributed by atoms with Gasteiger partial charge >= 0.3 is 0 Å². The zero-order valence-electron chi connectivity index (χ0n) is 19.7. The van der Waals surface area contributed by atoms with Crippen molar-refractivity contribution in [1.82, 2.24) is 9.46 Å². The van der Waals surface area contributed by atoms with E-state index in [9.17, 15) is 22.0 Å². The fourth-order valence-electron chi connectivity index (χ4n) is 4.00. The van der Waals surface area contributed by atoms with Gasteiger partial charge in [0.15, 0.2) is 10.7 Å². The first-order valence-corrected chi connectivity index (χ1v) is 12.7. The topological polar surface area (TPSA) is 102 Å². The zero-order chi connectivity index (χ0) is 25.9. The van der Waals surface area contributed by atoms with Crippen LogP contribution < -0.4 is 10.1 Å². The summed E-state index contributed by atoms with van der Waals surface area (Å²) in [5, 5.41) is 6.30. The molecule has 36 heavy (non-hydrogen) atoms. The van der Waals surface area contributed by atoms with Crippen molar-refractivity contribution in [2.75, 3.05) is 25.5 Å². The predicted octanol–water partition coefficient (Wildman–Crippen LogP) is 4.48. The molecule has 0 atom stereocenters. The summed E-state index contributed by atoms with van der Waals surface area (Å²) in [6.45, 7) is 1.75. The second-order valence-corrected chi connectivity index (χ2v) is 10.2. The fourth-order valence-corrected chi connectivity index (χ4v) is 5.72. The summed E-state index contributed by atoms with van der Waals surface area (Å²) < 4.78 is 65.5. The standard InChI is InChI=1S/C25H25F2N3O5S/c1-16-24(23(35-29-16)10-5-17-3-7-20(34-2)8-4-17)36(32,33)30-13-11-18(12-14-30)25(31)28-22-9-6-19(26)15-21(22)27/h3-10,15,18H,11-14H2,1-2H3,(H,28,31)/b10-5-. The molecule has 1 amide bonds. The van der Waals surface area contributed by atoms with Gasteiger partial charge in [-0.15, -0.1) is 0 Å². The zero-order valence-corrected chi connectivity index (χ0v) is 20.5. The van der Waals surface area contributed by atoms with Gasteiger partial charge < -0.3 is 14.6 Å². The molecule has 1 N–H and O–H groups in total. The van der Waals surface area contributed by atoms with Gasteiger partial charge in [0.1, 0.15) is 23.1 Å². The Labute approximate surface area is 207 Å². The number of aryl methyl sites for hydroxylation is 1. The number of nitrogens with zero attached hydrogens (tertiary/aromatic N) is 2. The first-order valence-electron chi connectivity index (χ1n) is 11.2. The molecule has 0 radical (unpaired) electrons. The summed E-state index contributed by atoms with van der Waals surface area (Å²) in [5.74, 6) is -1.77. The smallest absolute Gasteiger partial charge is 0.248 e. The minimum atomic E-state index is -3.94. The molecule has 190 valence electrons. The lowest BCUT2D eigenvalue weighted by molar-refractivity contribution is -0.120. The predicted molar refractivity (Wildman–Crippen MR) is 130 cm³/mol. The van der Waals surface area contributed by atoms with Crippen molar-refractivity contribution < 1.29 is 31.3 Å². The largest absolute Gasteiger partial charge is 0.497 e. The average Bonchev–Trinajstić information content (AvgIpc) is 3.25. The summed E-state index contributed by atoms with van der Waals surface area (Å²) in [7, 11) is -2.37. The van der Waals surface area contributed by atoms with Gasteiger partial charge in [0.05, 0.1) is 12.8 Å². The van der Waals surface area contributed by atoms with Crippen LogP contribution in [0.4, 0.5) is 14.5 Å². The Hall–Kier alpha value is -3.57. The molecule has 0 aliphatic carbocycles. The van der Waals surface area contributed by atoms with E-state index in [2.05, 4.69) is 10.5 Å². The number of rotatable bonds is 7. The lowest BCUT2D eigenvalue weighted by Gasteiger charge is -2.30. The highest BCUT2D eigenvalue weighted by atomic mass is 32.2. The maximum Gasteiger partial charge on any atom is 0.248 e. The van der Waals surface area contributed by atoms with Crippen LogP contribution in [0.5, 0.6) is 5.75 Å². The van der Waals surface area contributed by atoms with Crippen LogP contribution in [0.25, 0.3) is 12.2 Å². The van der Waals surface area contributed by atoms with E-state index in [0.29, 0.717) is 11.8 Å². The van der Waals surface area contributed by atoms with Crippen molar-refractivity contribution in [3.8, 4) is 5.75 Å². The number of methoxy groups -OCH3 is 1. The van der Waals surface area contributed by atoms with E-state index in [1.54, 1.807) is 38.3 Å². The minimum Gasteiger partial charge on any atom is -0.497 e. The summed E-state index contributed by atoms with van der Waals surface area (Å²) in [6.07, 6.45) is 3.75. The molecule has 8 nitrogen and oxygen atoms in total. The van der Waals surface area contributed by atoms with Gasteiger partial charge in [0.2, 0.25) is 15.9 Å². The van der Waals surface area contributed by atoms with Gasteiger partial charge in [-0.05, 0) is 55.7 Å². The van der Waals surface area contributed by atoms with Crippen LogP contribution in [0.3, 0.4) is 0 Å². The molecule has 2 aromatic carbocycles. The van der Waals surface area contributed by atoms with Crippen molar-refractivity contribution in [2.24, 2.45) is 5.92 Å². The minimum absolute atomic E-state index is 0.0245. The van der Waals surface area contributed by atoms with Crippen LogP contribution in [0.1, 0.15) is 29.9 Å². The van der Waals surface area contributed by atoms with E-state index >= 15 is 0 Å². The van der Waals surface area contributed by atoms with E-state index in [1.165, 1.54) is 4.31 Å². The molecule has 4 rings (SSSR count). The van der Waals surface area contributed by atoms with Crippen LogP contribution in [0.2, 0.25) is 0 Å². The molecule has 1 aliphatic rings. The van der Waals surface area contributed by atoms with Crippen molar-refractivity contribution in [1.29, 1.82) is 0 Å². The highest BCUT2D eigenvalue weighted by Gasteiger charge is 2.36. The van der Waals surface area contributed by atoms with Crippen LogP contribution in [0, 0.1) is 24.5 Å². The molecule has 3 aromatic rings. The van der Waals surface area contributed by atoms with E-state index < -0.39 is 33.5 Å². The van der Waals surface area contributed by atoms with Gasteiger partial charge in [-0.3, -0.25) is 4.79 Å². The van der Waals surface area contributed by atoms with Gasteiger partial charge in [-0.25, -0.2) is 17.2 Å². The first-order chi connectivity index (χ1) is 17.2. The third kappa shape index (κ3) is 5.47. The average molecular weight is 518 g/mol. The Morgan fingerprint density at radius 3 is 2.47 bits per heavy atom. The number of nitrogens with one attached hydrogen (secondary N) is 1. The molecule has 1 fully saturated rings. The van der Waals surface area contributed by atoms with Gasteiger partial charge in [0.25, 0.3) is 0 Å². The van der Waals surface area contributed by atoms with E-state index in [4.69, 9.17) is 9.26 Å². The Morgan fingerprint density at radius 1 is 1.14 bits per heavy atom. The lowest BCUT2D eigenvalue weighted by atomic mass is 9.97. The summed E-state index contributed by atoms with van der Waals surface area (Å²) in [4.78, 5) is 12.6. The number of halogens is 2. The number of amides is 1. The molecule has 0 saturated carbocycles. The highest BCUT2D eigenvalue weighted by Crippen LogP contribution is 2.30. The molecule has 0 spiro atoms. The number of carbonyl (C=O) groups excluding carboxylic acids is 1. The van der Waals surface area contributed by atoms with Gasteiger partial charge in [-0.2, -0.15) is 4.31 Å². The molecular weight excluding hydrogens is 492 g/mol. The van der Waals surface area contributed by atoms with Gasteiger partial charge in [0, 0.05) is 25.1 Å². The number of sulfonamides is 1. The van der Waals surface area contributed by atoms with Crippen molar-refractivity contribution in [2.45, 2.75) is 24.7 Å². The van der Waals surface area contributed by atoms with Crippen LogP contribution >= 0.6 is 0 Å². The molecule has 11 heteroatoms. The molecule has 1 saturated heterocycles. The maximum absolute atomic E-state index is 13.9. The molecule has 0 bridgehead atoms. The number of hydrogen-bond donors (Lipinski definition) is 1. The monoisotopic (exact) mass is 517 g/mol. The summed E-state index contributed by atoms with van der Waals surface area (Å²) >= 11 is 0. The molecule has 2 heterocycles. The quantitative estimate of drug-likeness (QED) is 0.496. The SMILES string of the molecule is COc1ccc(/C=C\c2onc(C)c2S(=O)(=O)N2CCC(C(=O)Nc3ccc(F)cc3F)CC2)cc1. The Morgan fingerprint density at radius 2 is 1.83 bits per heavy atom. The maximum atomic E-state index is 13.9. The molecule has 1 aliphatic heterocycles. The molecule has 0 unspecified atom stereocenters. The van der Waals surface area contributed by atoms with Crippen LogP contribution in [0.15, 0.2) is 51.9 Å². The van der Waals surface area contributed by atoms with Crippen LogP contribution in [-0.2, 0) is 14.8 Å². The molecule has 1 aromatic heterocycles. The fraction of sp³-hybridized carbons (Fsp3) is 0.280. The summed E-state index contributed by atoms with van der Waals surface area (Å²) in [5.41, 5.74) is 0.929. The number of piperidine rings is 1. The van der Waals surface area contributed by atoms with Gasteiger partial charge in [-0.1, -0.05) is 23.4 Å². The number of ether oxygens (including phenoxy) is 1. The number of anilines is 1. The Balaban J connectivity index is 1.44. The second-order valence-electron chi connectivity index (χ2n) is 8.36. The number of hydrogen-bond acceptors (Lipinski definition) is 6. The third-order valence-electron chi connectivity index (χ3n) is 5.99. The second kappa shape index (κ2) is 10.6. The van der Waals surface area contributed by atoms with E-state index in [-0.39, 0.29) is 48.0 Å². The first kappa shape index (κ1) is 25.5. The number of carbonyl (C=O) groups is 1. The van der Waals surface area contributed by atoms with Crippen molar-refractivity contribution >= 4 is 33.8 Å².